The van der Waals surface area contributed by atoms with Crippen LogP contribution < -0.4 is 0 Å². The molecule has 0 bridgehead atoms. The van der Waals surface area contributed by atoms with Crippen LogP contribution in [0.1, 0.15) is 39.0 Å². The van der Waals surface area contributed by atoms with Gasteiger partial charge >= 0.3 is 0 Å². The predicted octanol–water partition coefficient (Wildman–Crippen LogP) is 4.81. The largest absolute Gasteiger partial charge is 0.0949 e. The molecule has 0 amide bonds. The summed E-state index contributed by atoms with van der Waals surface area (Å²) in [6, 6.07) is 0. The van der Waals surface area contributed by atoms with E-state index in [1.807, 2.05) is 6.08 Å². The van der Waals surface area contributed by atoms with E-state index in [1.54, 1.807) is 0 Å². The van der Waals surface area contributed by atoms with Crippen LogP contribution in [0.25, 0.3) is 0 Å². The molecule has 1 rings (SSSR count). The van der Waals surface area contributed by atoms with Crippen LogP contribution >= 0.6 is 0 Å². The Labute approximate surface area is 94.1 Å². The van der Waals surface area contributed by atoms with Crippen molar-refractivity contribution in [3.05, 3.63) is 48.6 Å². The average molecular weight is 202 g/mol. The topological polar surface area (TPSA) is 0 Å². The molecule has 1 aliphatic rings. The van der Waals surface area contributed by atoms with Gasteiger partial charge in [0.25, 0.3) is 0 Å². The summed E-state index contributed by atoms with van der Waals surface area (Å²) in [5.74, 6) is 0.432. The molecule has 0 radical (unpaired) electrons. The minimum atomic E-state index is 0.432. The third-order valence-electron chi connectivity index (χ3n) is 2.74. The maximum atomic E-state index is 4.03. The van der Waals surface area contributed by atoms with E-state index < -0.39 is 0 Å². The van der Waals surface area contributed by atoms with Gasteiger partial charge in [-0.3, -0.25) is 0 Å². The predicted molar refractivity (Wildman–Crippen MR) is 68.8 cm³/mol. The van der Waals surface area contributed by atoms with Gasteiger partial charge in [0.05, 0.1) is 0 Å². The number of hydrogen-bond acceptors (Lipinski definition) is 0. The molecule has 0 aliphatic heterocycles. The van der Waals surface area contributed by atoms with Crippen LogP contribution in [0.4, 0.5) is 0 Å². The standard InChI is InChI=1S/C15H22/c1-3-4-5-6-7-8-12-15-13-10-9-11-14(15)2/h8-13,15H,2-7H2,1H3. The summed E-state index contributed by atoms with van der Waals surface area (Å²) in [5, 5.41) is 0. The molecule has 1 aliphatic carbocycles. The van der Waals surface area contributed by atoms with Crippen molar-refractivity contribution in [2.75, 3.05) is 0 Å². The molecule has 0 aromatic heterocycles. The van der Waals surface area contributed by atoms with Crippen LogP contribution in [-0.2, 0) is 0 Å². The fourth-order valence-electron chi connectivity index (χ4n) is 1.72. The van der Waals surface area contributed by atoms with Gasteiger partial charge in [-0.1, -0.05) is 69.2 Å². The van der Waals surface area contributed by atoms with Gasteiger partial charge in [0.15, 0.2) is 0 Å². The molecule has 0 aromatic rings. The minimum Gasteiger partial charge on any atom is -0.0949 e. The summed E-state index contributed by atoms with van der Waals surface area (Å²) in [7, 11) is 0. The third-order valence-corrected chi connectivity index (χ3v) is 2.74. The Morgan fingerprint density at radius 3 is 2.87 bits per heavy atom. The van der Waals surface area contributed by atoms with Crippen molar-refractivity contribution in [2.45, 2.75) is 39.0 Å². The second-order valence-electron chi connectivity index (χ2n) is 4.12. The van der Waals surface area contributed by atoms with Gasteiger partial charge in [-0.25, -0.2) is 0 Å². The van der Waals surface area contributed by atoms with Crippen LogP contribution in [0.5, 0.6) is 0 Å². The van der Waals surface area contributed by atoms with Crippen molar-refractivity contribution in [2.24, 2.45) is 5.92 Å². The first-order chi connectivity index (χ1) is 7.34. The van der Waals surface area contributed by atoms with E-state index in [-0.39, 0.29) is 0 Å². The summed E-state index contributed by atoms with van der Waals surface area (Å²) in [6.07, 6.45) is 19.6. The number of unbranched alkanes of at least 4 members (excludes halogenated alkanes) is 4. The van der Waals surface area contributed by atoms with Gasteiger partial charge in [-0.2, -0.15) is 0 Å². The van der Waals surface area contributed by atoms with Crippen LogP contribution in [0, 0.1) is 5.92 Å². The number of allylic oxidation sites excluding steroid dienone is 7. The van der Waals surface area contributed by atoms with Crippen molar-refractivity contribution < 1.29 is 0 Å². The maximum absolute atomic E-state index is 4.03. The lowest BCUT2D eigenvalue weighted by Crippen LogP contribution is -1.96. The lowest BCUT2D eigenvalue weighted by molar-refractivity contribution is 0.673. The number of rotatable bonds is 6. The Balaban J connectivity index is 2.17. The van der Waals surface area contributed by atoms with Gasteiger partial charge in [-0.05, 0) is 18.4 Å². The summed E-state index contributed by atoms with van der Waals surface area (Å²) in [6.45, 7) is 6.28. The molecule has 0 heterocycles. The normalized spacial score (nSPS) is 20.3. The quantitative estimate of drug-likeness (QED) is 0.428. The SMILES string of the molecule is C=C1C=CC=CC1C=CCCCCCC. The zero-order valence-corrected chi connectivity index (χ0v) is 9.78. The molecule has 0 nitrogen and oxygen atoms in total. The molecule has 0 spiro atoms. The van der Waals surface area contributed by atoms with Crippen molar-refractivity contribution in [3.63, 3.8) is 0 Å². The van der Waals surface area contributed by atoms with Crippen LogP contribution in [0.3, 0.4) is 0 Å². The molecule has 0 aromatic carbocycles. The van der Waals surface area contributed by atoms with E-state index in [0.29, 0.717) is 5.92 Å². The molecule has 0 saturated heterocycles. The highest BCUT2D eigenvalue weighted by atomic mass is 14.1. The van der Waals surface area contributed by atoms with E-state index in [4.69, 9.17) is 0 Å². The fraction of sp³-hybridized carbons (Fsp3) is 0.467. The molecule has 15 heavy (non-hydrogen) atoms. The van der Waals surface area contributed by atoms with E-state index in [2.05, 4.69) is 43.9 Å². The van der Waals surface area contributed by atoms with Crippen molar-refractivity contribution in [1.29, 1.82) is 0 Å². The average Bonchev–Trinajstić information content (AvgIpc) is 2.25. The Bertz CT molecular complexity index is 266. The maximum Gasteiger partial charge on any atom is 0.0195 e. The van der Waals surface area contributed by atoms with E-state index in [9.17, 15) is 0 Å². The smallest absolute Gasteiger partial charge is 0.0195 e. The molecular formula is C15H22. The molecule has 1 unspecified atom stereocenters. The first-order valence-corrected chi connectivity index (χ1v) is 6.05. The third kappa shape index (κ3) is 4.83. The summed E-state index contributed by atoms with van der Waals surface area (Å²) in [5.41, 5.74) is 1.20. The Morgan fingerprint density at radius 1 is 1.27 bits per heavy atom. The zero-order valence-electron chi connectivity index (χ0n) is 9.78. The van der Waals surface area contributed by atoms with E-state index >= 15 is 0 Å². The van der Waals surface area contributed by atoms with Crippen molar-refractivity contribution in [3.8, 4) is 0 Å². The molecule has 1 atom stereocenters. The summed E-state index contributed by atoms with van der Waals surface area (Å²) >= 11 is 0. The van der Waals surface area contributed by atoms with Crippen molar-refractivity contribution in [1.82, 2.24) is 0 Å². The van der Waals surface area contributed by atoms with Crippen LogP contribution in [0.15, 0.2) is 48.6 Å². The molecule has 0 heteroatoms. The first kappa shape index (κ1) is 12.0. The lowest BCUT2D eigenvalue weighted by atomic mass is 9.95. The second-order valence-corrected chi connectivity index (χ2v) is 4.12. The van der Waals surface area contributed by atoms with Gasteiger partial charge in [0, 0.05) is 5.92 Å². The van der Waals surface area contributed by atoms with E-state index in [0.717, 1.165) is 0 Å². The fourth-order valence-corrected chi connectivity index (χ4v) is 1.72. The lowest BCUT2D eigenvalue weighted by Gasteiger charge is -2.10. The van der Waals surface area contributed by atoms with Gasteiger partial charge < -0.3 is 0 Å². The first-order valence-electron chi connectivity index (χ1n) is 6.05. The van der Waals surface area contributed by atoms with Gasteiger partial charge in [-0.15, -0.1) is 0 Å². The van der Waals surface area contributed by atoms with E-state index in [1.165, 1.54) is 37.7 Å². The van der Waals surface area contributed by atoms with Crippen LogP contribution in [-0.4, -0.2) is 0 Å². The highest BCUT2D eigenvalue weighted by Gasteiger charge is 2.03. The number of hydrogen-bond donors (Lipinski definition) is 0. The Morgan fingerprint density at radius 2 is 2.13 bits per heavy atom. The molecule has 0 fully saturated rings. The molecule has 82 valence electrons. The van der Waals surface area contributed by atoms with Crippen molar-refractivity contribution >= 4 is 0 Å². The molecular weight excluding hydrogens is 180 g/mol. The highest BCUT2D eigenvalue weighted by molar-refractivity contribution is 5.34. The summed E-state index contributed by atoms with van der Waals surface area (Å²) < 4.78 is 0. The molecule has 0 saturated carbocycles. The minimum absolute atomic E-state index is 0.432. The second kappa shape index (κ2) is 7.28. The monoisotopic (exact) mass is 202 g/mol. The van der Waals surface area contributed by atoms with Gasteiger partial charge in [0.2, 0.25) is 0 Å². The van der Waals surface area contributed by atoms with Gasteiger partial charge in [0.1, 0.15) is 0 Å². The highest BCUT2D eigenvalue weighted by Crippen LogP contribution is 2.18. The zero-order chi connectivity index (χ0) is 10.9. The Kier molecular flexibility index (Phi) is 5.84. The summed E-state index contributed by atoms with van der Waals surface area (Å²) in [4.78, 5) is 0. The molecule has 0 N–H and O–H groups in total. The Hall–Kier alpha value is -1.04. The van der Waals surface area contributed by atoms with Crippen LogP contribution in [0.2, 0.25) is 0 Å².